The van der Waals surface area contributed by atoms with Gasteiger partial charge in [-0.2, -0.15) is 0 Å². The van der Waals surface area contributed by atoms with Crippen molar-refractivity contribution < 1.29 is 9.90 Å². The number of nitrogens with two attached hydrogens (primary N) is 1. The fraction of sp³-hybridized carbons (Fsp3) is 0.556. The number of carbonyl (C=O) groups is 1. The van der Waals surface area contributed by atoms with E-state index in [2.05, 4.69) is 9.88 Å². The third kappa shape index (κ3) is 3.12. The van der Waals surface area contributed by atoms with Gasteiger partial charge in [-0.1, -0.05) is 17.8 Å². The van der Waals surface area contributed by atoms with Crippen molar-refractivity contribution in [2.45, 2.75) is 38.3 Å². The van der Waals surface area contributed by atoms with Gasteiger partial charge in [0.25, 0.3) is 5.91 Å². The van der Waals surface area contributed by atoms with E-state index in [1.807, 2.05) is 19.1 Å². The first kappa shape index (κ1) is 16.8. The lowest BCUT2D eigenvalue weighted by Crippen LogP contribution is -2.46. The van der Waals surface area contributed by atoms with Crippen molar-refractivity contribution in [3.8, 4) is 0 Å². The van der Waals surface area contributed by atoms with Crippen LogP contribution in [0.4, 0.5) is 5.13 Å². The summed E-state index contributed by atoms with van der Waals surface area (Å²) in [4.78, 5) is 21.4. The number of aliphatic hydroxyl groups excluding tert-OH is 1. The Morgan fingerprint density at radius 3 is 2.80 bits per heavy atom. The molecule has 2 atom stereocenters. The molecule has 2 fully saturated rings. The smallest absolute Gasteiger partial charge is 0.254 e. The number of amides is 1. The molecule has 3 N–H and O–H groups in total. The van der Waals surface area contributed by atoms with Gasteiger partial charge in [0.15, 0.2) is 5.13 Å². The zero-order valence-electron chi connectivity index (χ0n) is 14.4. The van der Waals surface area contributed by atoms with Crippen LogP contribution in [0.5, 0.6) is 0 Å². The van der Waals surface area contributed by atoms with Crippen molar-refractivity contribution in [1.82, 2.24) is 14.8 Å². The molecule has 0 radical (unpaired) electrons. The fourth-order valence-corrected chi connectivity index (χ4v) is 4.92. The molecule has 2 saturated heterocycles. The molecule has 0 saturated carbocycles. The van der Waals surface area contributed by atoms with Gasteiger partial charge in [0, 0.05) is 18.7 Å². The molecule has 25 heavy (non-hydrogen) atoms. The van der Waals surface area contributed by atoms with Crippen LogP contribution in [0.1, 0.15) is 35.2 Å². The Kier molecular flexibility index (Phi) is 4.39. The van der Waals surface area contributed by atoms with Gasteiger partial charge in [-0.3, -0.25) is 9.69 Å². The zero-order valence-corrected chi connectivity index (χ0v) is 15.3. The first-order valence-corrected chi connectivity index (χ1v) is 9.72. The van der Waals surface area contributed by atoms with E-state index in [9.17, 15) is 9.90 Å². The molecule has 0 unspecified atom stereocenters. The summed E-state index contributed by atoms with van der Waals surface area (Å²) < 4.78 is 0.938. The van der Waals surface area contributed by atoms with Gasteiger partial charge in [0.1, 0.15) is 0 Å². The van der Waals surface area contributed by atoms with Gasteiger partial charge in [-0.05, 0) is 50.6 Å². The van der Waals surface area contributed by atoms with Crippen molar-refractivity contribution in [1.29, 1.82) is 0 Å². The molecule has 134 valence electrons. The summed E-state index contributed by atoms with van der Waals surface area (Å²) in [5.74, 6) is -0.0180. The van der Waals surface area contributed by atoms with E-state index in [4.69, 9.17) is 5.73 Å². The molecule has 6 nitrogen and oxygen atoms in total. The summed E-state index contributed by atoms with van der Waals surface area (Å²) in [6.45, 7) is 5.00. The first-order valence-electron chi connectivity index (χ1n) is 8.91. The Morgan fingerprint density at radius 2 is 2.04 bits per heavy atom. The van der Waals surface area contributed by atoms with Crippen LogP contribution in [0, 0.1) is 6.92 Å². The highest BCUT2D eigenvalue weighted by molar-refractivity contribution is 7.22. The second kappa shape index (κ2) is 6.55. The van der Waals surface area contributed by atoms with Crippen LogP contribution < -0.4 is 5.73 Å². The average Bonchev–Trinajstić information content (AvgIpc) is 3.17. The van der Waals surface area contributed by atoms with Crippen LogP contribution in [-0.2, 0) is 0 Å². The number of thiazole rings is 1. The zero-order chi connectivity index (χ0) is 17.6. The highest BCUT2D eigenvalue weighted by Crippen LogP contribution is 2.29. The minimum Gasteiger partial charge on any atom is -0.390 e. The molecule has 2 aliphatic rings. The Morgan fingerprint density at radius 1 is 1.28 bits per heavy atom. The number of piperidine rings is 1. The largest absolute Gasteiger partial charge is 0.390 e. The van der Waals surface area contributed by atoms with E-state index in [-0.39, 0.29) is 11.9 Å². The number of hydrogen-bond donors (Lipinski definition) is 2. The van der Waals surface area contributed by atoms with Crippen LogP contribution in [0.3, 0.4) is 0 Å². The molecule has 1 amide bonds. The number of anilines is 1. The van der Waals surface area contributed by atoms with Gasteiger partial charge >= 0.3 is 0 Å². The lowest BCUT2D eigenvalue weighted by molar-refractivity contribution is 0.0703. The highest BCUT2D eigenvalue weighted by Gasteiger charge is 2.38. The summed E-state index contributed by atoms with van der Waals surface area (Å²) in [6.07, 6.45) is 3.16. The van der Waals surface area contributed by atoms with Crippen molar-refractivity contribution in [3.63, 3.8) is 0 Å². The number of fused-ring (bicyclic) bond motifs is 1. The number of β-amino-alcohol motifs (C(OH)–C–C–N with tert-alkyl or cyclic N) is 1. The lowest BCUT2D eigenvalue weighted by atomic mass is 10.1. The number of rotatable bonds is 2. The molecule has 1 aromatic carbocycles. The van der Waals surface area contributed by atoms with Gasteiger partial charge < -0.3 is 15.7 Å². The molecular weight excluding hydrogens is 336 g/mol. The number of aryl methyl sites for hydroxylation is 1. The third-order valence-electron chi connectivity index (χ3n) is 5.35. The van der Waals surface area contributed by atoms with E-state index in [1.165, 1.54) is 30.6 Å². The number of nitrogens with zero attached hydrogens (tertiary/aromatic N) is 3. The predicted octanol–water partition coefficient (Wildman–Crippen LogP) is 1.86. The highest BCUT2D eigenvalue weighted by atomic mass is 32.1. The summed E-state index contributed by atoms with van der Waals surface area (Å²) in [5.41, 5.74) is 8.28. The van der Waals surface area contributed by atoms with Crippen LogP contribution >= 0.6 is 11.3 Å². The van der Waals surface area contributed by atoms with Crippen LogP contribution in [0.25, 0.3) is 10.2 Å². The van der Waals surface area contributed by atoms with Crippen LogP contribution in [-0.4, -0.2) is 64.1 Å². The normalized spacial score (nSPS) is 25.0. The maximum absolute atomic E-state index is 13.0. The monoisotopic (exact) mass is 360 g/mol. The van der Waals surface area contributed by atoms with Crippen molar-refractivity contribution in [2.75, 3.05) is 31.9 Å². The number of hydrogen-bond acceptors (Lipinski definition) is 6. The van der Waals surface area contributed by atoms with Crippen LogP contribution in [0.2, 0.25) is 0 Å². The molecule has 2 aromatic rings. The van der Waals surface area contributed by atoms with Crippen molar-refractivity contribution in [3.05, 3.63) is 23.3 Å². The first-order chi connectivity index (χ1) is 12.0. The van der Waals surface area contributed by atoms with Crippen molar-refractivity contribution in [2.24, 2.45) is 0 Å². The van der Waals surface area contributed by atoms with E-state index in [1.54, 1.807) is 4.90 Å². The van der Waals surface area contributed by atoms with Crippen molar-refractivity contribution >= 4 is 32.6 Å². The van der Waals surface area contributed by atoms with Gasteiger partial charge in [-0.15, -0.1) is 0 Å². The summed E-state index contributed by atoms with van der Waals surface area (Å²) >= 11 is 1.40. The van der Waals surface area contributed by atoms with E-state index in [0.717, 1.165) is 28.9 Å². The second-order valence-electron chi connectivity index (χ2n) is 7.13. The molecule has 0 spiro atoms. The number of benzene rings is 1. The Bertz CT molecular complexity index is 800. The Balaban J connectivity index is 1.55. The topological polar surface area (TPSA) is 82.7 Å². The second-order valence-corrected chi connectivity index (χ2v) is 8.20. The Hall–Kier alpha value is -1.70. The van der Waals surface area contributed by atoms with Gasteiger partial charge in [0.05, 0.1) is 22.4 Å². The minimum absolute atomic E-state index is 0.0180. The quantitative estimate of drug-likeness (QED) is 0.854. The minimum atomic E-state index is -0.467. The molecule has 3 heterocycles. The van der Waals surface area contributed by atoms with E-state index >= 15 is 0 Å². The van der Waals surface area contributed by atoms with Gasteiger partial charge in [0.2, 0.25) is 0 Å². The average molecular weight is 360 g/mol. The number of carbonyl (C=O) groups excluding carboxylic acids is 1. The maximum atomic E-state index is 13.0. The van der Waals surface area contributed by atoms with Crippen LogP contribution in [0.15, 0.2) is 12.1 Å². The van der Waals surface area contributed by atoms with E-state index < -0.39 is 6.10 Å². The summed E-state index contributed by atoms with van der Waals surface area (Å²) in [6, 6.07) is 3.82. The molecular formula is C18H24N4O2S. The number of aromatic nitrogens is 1. The lowest BCUT2D eigenvalue weighted by Gasteiger charge is -2.33. The fourth-order valence-electron chi connectivity index (χ4n) is 4.06. The number of nitrogen functional groups attached to an aromatic ring is 1. The molecule has 1 aromatic heterocycles. The molecule has 4 rings (SSSR count). The molecule has 2 aliphatic heterocycles. The summed E-state index contributed by atoms with van der Waals surface area (Å²) in [5, 5.41) is 11.0. The third-order valence-corrected chi connectivity index (χ3v) is 6.19. The SMILES string of the molecule is Cc1cc(C(=O)N2C[C@H](O)[C@@H](N3CCCCC3)C2)cc2sc(N)nc12. The number of aliphatic hydroxyl groups is 1. The standard InChI is InChI=1S/C18H24N4O2S/c1-11-7-12(8-15-16(11)20-18(19)25-15)17(24)22-9-13(14(23)10-22)21-5-3-2-4-6-21/h7-8,13-14,23H,2-6,9-10H2,1H3,(H2,19,20)/t13-,14-/m0/s1. The molecule has 0 aliphatic carbocycles. The summed E-state index contributed by atoms with van der Waals surface area (Å²) in [7, 11) is 0. The molecule has 7 heteroatoms. The Labute approximate surface area is 151 Å². The molecule has 0 bridgehead atoms. The van der Waals surface area contributed by atoms with E-state index in [0.29, 0.717) is 23.8 Å². The number of likely N-dealkylation sites (tertiary alicyclic amines) is 2. The van der Waals surface area contributed by atoms with Gasteiger partial charge in [-0.25, -0.2) is 4.98 Å². The predicted molar refractivity (Wildman–Crippen MR) is 99.9 cm³/mol. The maximum Gasteiger partial charge on any atom is 0.254 e.